The molecular formula is C13H21NO. The Balaban J connectivity index is 2.57. The highest BCUT2D eigenvalue weighted by atomic mass is 16.5. The van der Waals surface area contributed by atoms with Crippen LogP contribution in [0.1, 0.15) is 27.2 Å². The van der Waals surface area contributed by atoms with Gasteiger partial charge in [0.15, 0.2) is 0 Å². The fourth-order valence-corrected chi connectivity index (χ4v) is 1.45. The van der Waals surface area contributed by atoms with E-state index >= 15 is 0 Å². The first-order valence-corrected chi connectivity index (χ1v) is 5.58. The second kappa shape index (κ2) is 5.64. The van der Waals surface area contributed by atoms with Crippen molar-refractivity contribution in [3.8, 4) is 5.75 Å². The lowest BCUT2D eigenvalue weighted by Crippen LogP contribution is -2.23. The number of methoxy groups -OCH3 is 1. The molecule has 2 nitrogen and oxygen atoms in total. The Morgan fingerprint density at radius 2 is 1.80 bits per heavy atom. The molecular weight excluding hydrogens is 186 g/mol. The number of rotatable bonds is 5. The molecule has 0 spiro atoms. The average Bonchev–Trinajstić information content (AvgIpc) is 2.29. The van der Waals surface area contributed by atoms with Gasteiger partial charge in [-0.05, 0) is 37.1 Å². The molecule has 0 amide bonds. The molecule has 2 atom stereocenters. The maximum atomic E-state index is 5.11. The molecule has 0 bridgehead atoms. The molecule has 0 fully saturated rings. The van der Waals surface area contributed by atoms with Crippen LogP contribution in [0, 0.1) is 5.92 Å². The number of nitrogens with one attached hydrogen (secondary N) is 1. The number of hydrogen-bond acceptors (Lipinski definition) is 2. The van der Waals surface area contributed by atoms with E-state index in [4.69, 9.17) is 4.74 Å². The molecule has 0 heterocycles. The number of ether oxygens (including phenoxy) is 1. The summed E-state index contributed by atoms with van der Waals surface area (Å²) in [5, 5.41) is 3.49. The molecule has 1 N–H and O–H groups in total. The van der Waals surface area contributed by atoms with Crippen LogP contribution in [0.2, 0.25) is 0 Å². The molecule has 1 aromatic rings. The largest absolute Gasteiger partial charge is 0.497 e. The summed E-state index contributed by atoms with van der Waals surface area (Å²) in [5.41, 5.74) is 1.16. The van der Waals surface area contributed by atoms with E-state index in [0.717, 1.165) is 11.4 Å². The molecule has 0 saturated carbocycles. The normalized spacial score (nSPS) is 14.4. The Labute approximate surface area is 92.6 Å². The van der Waals surface area contributed by atoms with Crippen molar-refractivity contribution < 1.29 is 4.74 Å². The minimum atomic E-state index is 0.503. The van der Waals surface area contributed by atoms with Crippen LogP contribution in [-0.4, -0.2) is 13.2 Å². The lowest BCUT2D eigenvalue weighted by atomic mass is 10.0. The van der Waals surface area contributed by atoms with Gasteiger partial charge >= 0.3 is 0 Å². The molecule has 0 aromatic heterocycles. The number of hydrogen-bond donors (Lipinski definition) is 1. The first-order valence-electron chi connectivity index (χ1n) is 5.58. The topological polar surface area (TPSA) is 21.3 Å². The van der Waals surface area contributed by atoms with Gasteiger partial charge in [0.1, 0.15) is 5.75 Å². The van der Waals surface area contributed by atoms with Gasteiger partial charge in [-0.3, -0.25) is 0 Å². The minimum absolute atomic E-state index is 0.503. The smallest absolute Gasteiger partial charge is 0.119 e. The summed E-state index contributed by atoms with van der Waals surface area (Å²) < 4.78 is 5.11. The summed E-state index contributed by atoms with van der Waals surface area (Å²) in [6, 6.07) is 8.57. The van der Waals surface area contributed by atoms with Crippen LogP contribution in [0.5, 0.6) is 5.75 Å². The quantitative estimate of drug-likeness (QED) is 0.797. The predicted molar refractivity (Wildman–Crippen MR) is 65.5 cm³/mol. The summed E-state index contributed by atoms with van der Waals surface area (Å²) in [5.74, 6) is 1.59. The van der Waals surface area contributed by atoms with Gasteiger partial charge in [-0.15, -0.1) is 0 Å². The lowest BCUT2D eigenvalue weighted by Gasteiger charge is -2.21. The van der Waals surface area contributed by atoms with Gasteiger partial charge in [0, 0.05) is 11.7 Å². The summed E-state index contributed by atoms with van der Waals surface area (Å²) in [7, 11) is 1.68. The first kappa shape index (κ1) is 11.9. The van der Waals surface area contributed by atoms with Crippen LogP contribution in [0.25, 0.3) is 0 Å². The van der Waals surface area contributed by atoms with Gasteiger partial charge in [-0.1, -0.05) is 20.3 Å². The van der Waals surface area contributed by atoms with Crippen LogP contribution >= 0.6 is 0 Å². The molecule has 0 radical (unpaired) electrons. The fourth-order valence-electron chi connectivity index (χ4n) is 1.45. The molecule has 2 heteroatoms. The van der Waals surface area contributed by atoms with Crippen LogP contribution in [-0.2, 0) is 0 Å². The summed E-state index contributed by atoms with van der Waals surface area (Å²) >= 11 is 0. The third kappa shape index (κ3) is 3.46. The molecule has 0 aliphatic heterocycles. The van der Waals surface area contributed by atoms with Crippen LogP contribution in [0.15, 0.2) is 24.3 Å². The van der Waals surface area contributed by atoms with Crippen molar-refractivity contribution in [2.45, 2.75) is 33.2 Å². The Morgan fingerprint density at radius 3 is 2.27 bits per heavy atom. The second-order valence-corrected chi connectivity index (χ2v) is 4.05. The molecule has 1 aromatic carbocycles. The van der Waals surface area contributed by atoms with Crippen molar-refractivity contribution in [2.75, 3.05) is 12.4 Å². The van der Waals surface area contributed by atoms with Crippen molar-refractivity contribution in [1.29, 1.82) is 0 Å². The molecule has 15 heavy (non-hydrogen) atoms. The minimum Gasteiger partial charge on any atom is -0.497 e. The highest BCUT2D eigenvalue weighted by molar-refractivity contribution is 5.47. The third-order valence-electron chi connectivity index (χ3n) is 2.98. The van der Waals surface area contributed by atoms with E-state index in [0.29, 0.717) is 12.0 Å². The lowest BCUT2D eigenvalue weighted by molar-refractivity contribution is 0.415. The van der Waals surface area contributed by atoms with E-state index in [1.54, 1.807) is 7.11 Å². The standard InChI is InChI=1S/C13H21NO/c1-5-10(2)11(3)14-12-6-8-13(15-4)9-7-12/h6-11,14H,5H2,1-4H3/t10-,11-/m1/s1. The highest BCUT2D eigenvalue weighted by Gasteiger charge is 2.09. The highest BCUT2D eigenvalue weighted by Crippen LogP contribution is 2.18. The maximum absolute atomic E-state index is 5.11. The maximum Gasteiger partial charge on any atom is 0.119 e. The van der Waals surface area contributed by atoms with Gasteiger partial charge in [-0.2, -0.15) is 0 Å². The predicted octanol–water partition coefficient (Wildman–Crippen LogP) is 3.54. The van der Waals surface area contributed by atoms with E-state index in [1.807, 2.05) is 12.1 Å². The zero-order valence-electron chi connectivity index (χ0n) is 10.1. The van der Waals surface area contributed by atoms with Gasteiger partial charge < -0.3 is 10.1 Å². The molecule has 84 valence electrons. The Morgan fingerprint density at radius 1 is 1.20 bits per heavy atom. The molecule has 0 saturated heterocycles. The van der Waals surface area contributed by atoms with Crippen molar-refractivity contribution >= 4 is 5.69 Å². The molecule has 0 aliphatic rings. The molecule has 0 aliphatic carbocycles. The SMILES string of the molecule is CC[C@@H](C)[C@@H](C)Nc1ccc(OC)cc1. The van der Waals surface area contributed by atoms with E-state index in [1.165, 1.54) is 6.42 Å². The third-order valence-corrected chi connectivity index (χ3v) is 2.98. The van der Waals surface area contributed by atoms with Crippen LogP contribution < -0.4 is 10.1 Å². The summed E-state index contributed by atoms with van der Waals surface area (Å²) in [4.78, 5) is 0. The fraction of sp³-hybridized carbons (Fsp3) is 0.538. The molecule has 0 unspecified atom stereocenters. The van der Waals surface area contributed by atoms with E-state index in [-0.39, 0.29) is 0 Å². The van der Waals surface area contributed by atoms with E-state index < -0.39 is 0 Å². The summed E-state index contributed by atoms with van der Waals surface area (Å²) in [6.45, 7) is 6.70. The molecule has 1 rings (SSSR count). The average molecular weight is 207 g/mol. The van der Waals surface area contributed by atoms with Crippen LogP contribution in [0.3, 0.4) is 0 Å². The van der Waals surface area contributed by atoms with Crippen molar-refractivity contribution in [2.24, 2.45) is 5.92 Å². The van der Waals surface area contributed by atoms with Crippen molar-refractivity contribution in [3.05, 3.63) is 24.3 Å². The number of anilines is 1. The number of benzene rings is 1. The van der Waals surface area contributed by atoms with E-state index in [9.17, 15) is 0 Å². The van der Waals surface area contributed by atoms with E-state index in [2.05, 4.69) is 38.2 Å². The van der Waals surface area contributed by atoms with Crippen LogP contribution in [0.4, 0.5) is 5.69 Å². The zero-order chi connectivity index (χ0) is 11.3. The first-order chi connectivity index (χ1) is 7.17. The van der Waals surface area contributed by atoms with Gasteiger partial charge in [-0.25, -0.2) is 0 Å². The Hall–Kier alpha value is -1.18. The summed E-state index contributed by atoms with van der Waals surface area (Å²) in [6.07, 6.45) is 1.20. The van der Waals surface area contributed by atoms with Crippen molar-refractivity contribution in [1.82, 2.24) is 0 Å². The van der Waals surface area contributed by atoms with Gasteiger partial charge in [0.2, 0.25) is 0 Å². The van der Waals surface area contributed by atoms with Gasteiger partial charge in [0.25, 0.3) is 0 Å². The van der Waals surface area contributed by atoms with Crippen molar-refractivity contribution in [3.63, 3.8) is 0 Å². The Kier molecular flexibility index (Phi) is 4.47. The monoisotopic (exact) mass is 207 g/mol. The van der Waals surface area contributed by atoms with Gasteiger partial charge in [0.05, 0.1) is 7.11 Å². The Bertz CT molecular complexity index is 281. The second-order valence-electron chi connectivity index (χ2n) is 4.05. The zero-order valence-corrected chi connectivity index (χ0v) is 10.1.